The minimum absolute atomic E-state index is 0.207. The molecule has 3 aromatic rings. The number of carbonyl (C=O) groups is 1. The number of hydrogen-bond donors (Lipinski definition) is 4. The van der Waals surface area contributed by atoms with E-state index in [1.165, 1.54) is 0 Å². The monoisotopic (exact) mass is 283 g/mol. The molecule has 0 saturated heterocycles. The van der Waals surface area contributed by atoms with Crippen molar-refractivity contribution in [2.24, 2.45) is 0 Å². The Kier molecular flexibility index (Phi) is 3.35. The summed E-state index contributed by atoms with van der Waals surface area (Å²) in [6, 6.07) is 7.29. The van der Waals surface area contributed by atoms with Crippen LogP contribution in [0, 0.1) is 0 Å². The standard InChI is InChI=1S/C15H17N5O/c1-2-3-10-7-14(20-19-10)18-15(21)12-8-17-13-5-4-9(16)6-11(12)13/h4-8,17H,2-3,16H2,1H3,(H2,18,19,20,21). The van der Waals surface area contributed by atoms with E-state index in [0.29, 0.717) is 17.1 Å². The summed E-state index contributed by atoms with van der Waals surface area (Å²) in [5.74, 6) is 0.322. The molecule has 1 amide bonds. The summed E-state index contributed by atoms with van der Waals surface area (Å²) in [6.45, 7) is 2.09. The molecule has 3 rings (SSSR count). The number of nitrogens with two attached hydrogens (primary N) is 1. The van der Waals surface area contributed by atoms with E-state index in [2.05, 4.69) is 27.4 Å². The van der Waals surface area contributed by atoms with Crippen LogP contribution in [-0.2, 0) is 6.42 Å². The number of hydrogen-bond acceptors (Lipinski definition) is 3. The van der Waals surface area contributed by atoms with E-state index in [1.807, 2.05) is 12.1 Å². The van der Waals surface area contributed by atoms with Crippen molar-refractivity contribution in [2.75, 3.05) is 11.1 Å². The number of H-pyrrole nitrogens is 2. The summed E-state index contributed by atoms with van der Waals surface area (Å²) in [6.07, 6.45) is 3.61. The third-order valence-corrected chi connectivity index (χ3v) is 3.34. The average molecular weight is 283 g/mol. The molecule has 0 radical (unpaired) electrons. The zero-order chi connectivity index (χ0) is 14.8. The van der Waals surface area contributed by atoms with E-state index in [9.17, 15) is 4.79 Å². The van der Waals surface area contributed by atoms with Crippen molar-refractivity contribution < 1.29 is 4.79 Å². The molecular weight excluding hydrogens is 266 g/mol. The molecule has 0 aliphatic heterocycles. The Hall–Kier alpha value is -2.76. The minimum Gasteiger partial charge on any atom is -0.399 e. The van der Waals surface area contributed by atoms with Crippen molar-refractivity contribution in [1.82, 2.24) is 15.2 Å². The van der Waals surface area contributed by atoms with E-state index < -0.39 is 0 Å². The van der Waals surface area contributed by atoms with Crippen molar-refractivity contribution in [2.45, 2.75) is 19.8 Å². The third kappa shape index (κ3) is 2.60. The zero-order valence-corrected chi connectivity index (χ0v) is 11.7. The highest BCUT2D eigenvalue weighted by atomic mass is 16.1. The summed E-state index contributed by atoms with van der Waals surface area (Å²) in [7, 11) is 0. The van der Waals surface area contributed by atoms with Crippen molar-refractivity contribution in [1.29, 1.82) is 0 Å². The Bertz CT molecular complexity index is 786. The summed E-state index contributed by atoms with van der Waals surface area (Å²) in [5, 5.41) is 10.6. The Morgan fingerprint density at radius 3 is 3.05 bits per heavy atom. The molecule has 0 atom stereocenters. The van der Waals surface area contributed by atoms with Gasteiger partial charge in [0.1, 0.15) is 0 Å². The van der Waals surface area contributed by atoms with Gasteiger partial charge in [0.15, 0.2) is 5.82 Å². The van der Waals surface area contributed by atoms with Crippen LogP contribution in [0.3, 0.4) is 0 Å². The predicted octanol–water partition coefficient (Wildman–Crippen LogP) is 2.68. The van der Waals surface area contributed by atoms with Gasteiger partial charge in [0.25, 0.3) is 5.91 Å². The summed E-state index contributed by atoms with van der Waals surface area (Å²) < 4.78 is 0. The highest BCUT2D eigenvalue weighted by Crippen LogP contribution is 2.22. The lowest BCUT2D eigenvalue weighted by Gasteiger charge is -2.00. The van der Waals surface area contributed by atoms with Gasteiger partial charge in [0.2, 0.25) is 0 Å². The van der Waals surface area contributed by atoms with Crippen LogP contribution in [0.1, 0.15) is 29.4 Å². The molecule has 0 fully saturated rings. The van der Waals surface area contributed by atoms with E-state index in [4.69, 9.17) is 5.73 Å². The van der Waals surface area contributed by atoms with Crippen molar-refractivity contribution in [3.05, 3.63) is 41.7 Å². The highest BCUT2D eigenvalue weighted by Gasteiger charge is 2.13. The Morgan fingerprint density at radius 1 is 1.38 bits per heavy atom. The lowest BCUT2D eigenvalue weighted by Crippen LogP contribution is -2.11. The number of nitrogens with zero attached hydrogens (tertiary/aromatic N) is 1. The molecule has 2 aromatic heterocycles. The molecule has 0 unspecified atom stereocenters. The molecular formula is C15H17N5O. The molecule has 0 saturated carbocycles. The molecule has 1 aromatic carbocycles. The second-order valence-corrected chi connectivity index (χ2v) is 4.99. The van der Waals surface area contributed by atoms with E-state index >= 15 is 0 Å². The average Bonchev–Trinajstić information content (AvgIpc) is 3.05. The smallest absolute Gasteiger partial charge is 0.259 e. The van der Waals surface area contributed by atoms with E-state index in [0.717, 1.165) is 29.4 Å². The lowest BCUT2D eigenvalue weighted by molar-refractivity contribution is 0.102. The molecule has 6 heteroatoms. The summed E-state index contributed by atoms with van der Waals surface area (Å²) in [5.41, 5.74) is 8.85. The number of aromatic nitrogens is 3. The third-order valence-electron chi connectivity index (χ3n) is 3.34. The van der Waals surface area contributed by atoms with Gasteiger partial charge in [-0.1, -0.05) is 13.3 Å². The van der Waals surface area contributed by atoms with Crippen LogP contribution in [0.2, 0.25) is 0 Å². The molecule has 0 aliphatic carbocycles. The minimum atomic E-state index is -0.207. The maximum absolute atomic E-state index is 12.3. The number of benzene rings is 1. The fourth-order valence-corrected chi connectivity index (χ4v) is 2.33. The number of anilines is 2. The number of nitrogens with one attached hydrogen (secondary N) is 3. The molecule has 108 valence electrons. The van der Waals surface area contributed by atoms with Crippen molar-refractivity contribution in [3.63, 3.8) is 0 Å². The second-order valence-electron chi connectivity index (χ2n) is 4.99. The first-order valence-electron chi connectivity index (χ1n) is 6.89. The van der Waals surface area contributed by atoms with Gasteiger partial charge in [-0.3, -0.25) is 9.89 Å². The van der Waals surface area contributed by atoms with Crippen molar-refractivity contribution in [3.8, 4) is 0 Å². The van der Waals surface area contributed by atoms with Crippen LogP contribution in [0.4, 0.5) is 11.5 Å². The van der Waals surface area contributed by atoms with Gasteiger partial charge in [-0.15, -0.1) is 0 Å². The number of fused-ring (bicyclic) bond motifs is 1. The Morgan fingerprint density at radius 2 is 2.24 bits per heavy atom. The van der Waals surface area contributed by atoms with Gasteiger partial charge < -0.3 is 16.0 Å². The van der Waals surface area contributed by atoms with Crippen LogP contribution in [0.5, 0.6) is 0 Å². The fourth-order valence-electron chi connectivity index (χ4n) is 2.33. The number of amides is 1. The second kappa shape index (κ2) is 5.32. The number of aryl methyl sites for hydroxylation is 1. The number of rotatable bonds is 4. The van der Waals surface area contributed by atoms with Crippen LogP contribution in [0.25, 0.3) is 10.9 Å². The highest BCUT2D eigenvalue weighted by molar-refractivity contribution is 6.12. The lowest BCUT2D eigenvalue weighted by atomic mass is 10.1. The molecule has 6 nitrogen and oxygen atoms in total. The van der Waals surface area contributed by atoms with Crippen molar-refractivity contribution >= 4 is 28.3 Å². The first-order valence-corrected chi connectivity index (χ1v) is 6.89. The van der Waals surface area contributed by atoms with E-state index in [-0.39, 0.29) is 5.91 Å². The van der Waals surface area contributed by atoms with Gasteiger partial charge in [0.05, 0.1) is 5.56 Å². The zero-order valence-electron chi connectivity index (χ0n) is 11.7. The van der Waals surface area contributed by atoms with Gasteiger partial charge in [-0.05, 0) is 24.6 Å². The quantitative estimate of drug-likeness (QED) is 0.554. The molecule has 21 heavy (non-hydrogen) atoms. The number of carbonyl (C=O) groups excluding carboxylic acids is 1. The largest absolute Gasteiger partial charge is 0.399 e. The predicted molar refractivity (Wildman–Crippen MR) is 83.2 cm³/mol. The van der Waals surface area contributed by atoms with E-state index in [1.54, 1.807) is 18.3 Å². The maximum atomic E-state index is 12.3. The van der Waals surface area contributed by atoms with Crippen LogP contribution < -0.4 is 11.1 Å². The molecule has 2 heterocycles. The topological polar surface area (TPSA) is 99.6 Å². The molecule has 0 bridgehead atoms. The van der Waals surface area contributed by atoms with Gasteiger partial charge in [-0.25, -0.2) is 0 Å². The molecule has 0 aliphatic rings. The van der Waals surface area contributed by atoms with Gasteiger partial charge >= 0.3 is 0 Å². The van der Waals surface area contributed by atoms with Gasteiger partial charge in [-0.2, -0.15) is 5.10 Å². The normalized spacial score (nSPS) is 10.9. The SMILES string of the molecule is CCCc1cc(NC(=O)c2c[nH]c3ccc(N)cc23)n[nH]1. The van der Waals surface area contributed by atoms with Gasteiger partial charge in [0, 0.05) is 34.5 Å². The van der Waals surface area contributed by atoms with Crippen LogP contribution >= 0.6 is 0 Å². The summed E-state index contributed by atoms with van der Waals surface area (Å²) >= 11 is 0. The number of nitrogen functional groups attached to an aromatic ring is 1. The Balaban J connectivity index is 1.84. The number of aromatic amines is 2. The first kappa shape index (κ1) is 13.2. The first-order chi connectivity index (χ1) is 10.2. The maximum Gasteiger partial charge on any atom is 0.259 e. The van der Waals surface area contributed by atoms with Crippen LogP contribution in [-0.4, -0.2) is 21.1 Å². The molecule has 5 N–H and O–H groups in total. The van der Waals surface area contributed by atoms with Crippen LogP contribution in [0.15, 0.2) is 30.5 Å². The fraction of sp³-hybridized carbons (Fsp3) is 0.200. The summed E-state index contributed by atoms with van der Waals surface area (Å²) in [4.78, 5) is 15.4. The Labute approximate surface area is 121 Å². The molecule has 0 spiro atoms.